The number of benzene rings is 2. The highest BCUT2D eigenvalue weighted by molar-refractivity contribution is 5.95. The van der Waals surface area contributed by atoms with Crippen molar-refractivity contribution in [2.24, 2.45) is 16.9 Å². The third kappa shape index (κ3) is 5.97. The fraction of sp³-hybridized carbons (Fsp3) is 0.481. The Balaban J connectivity index is 1.43. The molecule has 0 aromatic heterocycles. The Labute approximate surface area is 218 Å². The van der Waals surface area contributed by atoms with Gasteiger partial charge in [0, 0.05) is 37.4 Å². The van der Waals surface area contributed by atoms with Gasteiger partial charge in [-0.15, -0.1) is 0 Å². The van der Waals surface area contributed by atoms with Crippen molar-refractivity contribution in [2.75, 3.05) is 29.6 Å². The van der Waals surface area contributed by atoms with Crippen LogP contribution in [0.3, 0.4) is 0 Å². The molecule has 0 unspecified atom stereocenters. The number of hydrogen-bond donors (Lipinski definition) is 1. The van der Waals surface area contributed by atoms with Gasteiger partial charge >= 0.3 is 12.1 Å². The SMILES string of the molecule is CCOc1ccc(F)c(N2CC[C@H](Oc3ccc(N4N=C(C(F)(F)F)[C@@H](C)[C@@H]4CC(=O)O)cc3)[C@@H](C)C2)c1. The molecule has 2 heterocycles. The highest BCUT2D eigenvalue weighted by Gasteiger charge is 2.48. The zero-order valence-corrected chi connectivity index (χ0v) is 21.4. The minimum atomic E-state index is -4.65. The van der Waals surface area contributed by atoms with Crippen LogP contribution in [0.1, 0.15) is 33.6 Å². The molecule has 2 aromatic rings. The monoisotopic (exact) mass is 537 g/mol. The van der Waals surface area contributed by atoms with Crippen molar-refractivity contribution in [1.29, 1.82) is 0 Å². The van der Waals surface area contributed by atoms with E-state index in [2.05, 4.69) is 5.10 Å². The second-order valence-electron chi connectivity index (χ2n) is 9.69. The summed E-state index contributed by atoms with van der Waals surface area (Å²) in [6.07, 6.45) is -4.62. The number of hydrogen-bond acceptors (Lipinski definition) is 6. The van der Waals surface area contributed by atoms with Crippen molar-refractivity contribution < 1.29 is 36.9 Å². The first-order valence-electron chi connectivity index (χ1n) is 12.6. The zero-order chi connectivity index (χ0) is 27.6. The van der Waals surface area contributed by atoms with E-state index < -0.39 is 36.2 Å². The van der Waals surface area contributed by atoms with Crippen LogP contribution in [0.5, 0.6) is 11.5 Å². The minimum Gasteiger partial charge on any atom is -0.494 e. The molecule has 0 amide bonds. The lowest BCUT2D eigenvalue weighted by molar-refractivity contribution is -0.137. The summed E-state index contributed by atoms with van der Waals surface area (Å²) in [7, 11) is 0. The number of hydrazone groups is 1. The average molecular weight is 538 g/mol. The van der Waals surface area contributed by atoms with Gasteiger partial charge in [-0.3, -0.25) is 9.80 Å². The van der Waals surface area contributed by atoms with Crippen LogP contribution in [0.15, 0.2) is 47.6 Å². The largest absolute Gasteiger partial charge is 0.494 e. The van der Waals surface area contributed by atoms with Crippen molar-refractivity contribution >= 4 is 23.1 Å². The number of aliphatic carboxylic acids is 1. The fourth-order valence-electron chi connectivity index (χ4n) is 5.04. The van der Waals surface area contributed by atoms with E-state index in [4.69, 9.17) is 9.47 Å². The fourth-order valence-corrected chi connectivity index (χ4v) is 5.04. The highest BCUT2D eigenvalue weighted by Crippen LogP contribution is 2.37. The number of rotatable bonds is 8. The molecule has 2 aliphatic rings. The lowest BCUT2D eigenvalue weighted by atomic mass is 9.94. The maximum atomic E-state index is 14.5. The third-order valence-corrected chi connectivity index (χ3v) is 7.00. The number of ether oxygens (including phenoxy) is 2. The zero-order valence-electron chi connectivity index (χ0n) is 21.4. The lowest BCUT2D eigenvalue weighted by Gasteiger charge is -2.38. The van der Waals surface area contributed by atoms with Crippen molar-refractivity contribution in [3.05, 3.63) is 48.3 Å². The summed E-state index contributed by atoms with van der Waals surface area (Å²) in [5, 5.41) is 14.1. The number of carboxylic acid groups (broad SMARTS) is 1. The number of piperidine rings is 1. The second kappa shape index (κ2) is 11.1. The molecule has 4 atom stereocenters. The molecular weight excluding hydrogens is 506 g/mol. The standard InChI is InChI=1S/C27H31F4N3O4/c1-4-37-20-9-10-21(28)23(13-20)33-12-11-24(16(2)15-33)38-19-7-5-18(6-8-19)34-22(14-25(35)36)17(3)26(32-34)27(29,30)31/h5-10,13,16-17,22,24H,4,11-12,14-15H2,1-3H3,(H,35,36)/t16-,17-,22-,24-/m0/s1. The number of carbonyl (C=O) groups is 1. The van der Waals surface area contributed by atoms with Gasteiger partial charge < -0.3 is 19.5 Å². The second-order valence-corrected chi connectivity index (χ2v) is 9.69. The normalized spacial score (nSPS) is 23.8. The van der Waals surface area contributed by atoms with Crippen LogP contribution in [-0.4, -0.2) is 54.8 Å². The van der Waals surface area contributed by atoms with Gasteiger partial charge in [0.15, 0.2) is 0 Å². The smallest absolute Gasteiger partial charge is 0.431 e. The first kappa shape index (κ1) is 27.5. The van der Waals surface area contributed by atoms with Gasteiger partial charge in [-0.2, -0.15) is 18.3 Å². The van der Waals surface area contributed by atoms with E-state index in [1.807, 2.05) is 18.7 Å². The Morgan fingerprint density at radius 1 is 1.13 bits per heavy atom. The predicted octanol–water partition coefficient (Wildman–Crippen LogP) is 5.74. The van der Waals surface area contributed by atoms with Crippen LogP contribution in [0, 0.1) is 17.7 Å². The Bertz CT molecular complexity index is 1170. The third-order valence-electron chi connectivity index (χ3n) is 7.00. The minimum absolute atomic E-state index is 0.0666. The van der Waals surface area contributed by atoms with Crippen LogP contribution < -0.4 is 19.4 Å². The molecule has 38 heavy (non-hydrogen) atoms. The van der Waals surface area contributed by atoms with Gasteiger partial charge in [-0.05, 0) is 43.3 Å². The van der Waals surface area contributed by atoms with Crippen LogP contribution in [-0.2, 0) is 4.79 Å². The topological polar surface area (TPSA) is 74.6 Å². The molecule has 0 bridgehead atoms. The van der Waals surface area contributed by atoms with Crippen molar-refractivity contribution in [1.82, 2.24) is 0 Å². The molecule has 0 spiro atoms. The summed E-state index contributed by atoms with van der Waals surface area (Å²) in [4.78, 5) is 13.3. The molecule has 0 radical (unpaired) electrons. The molecule has 1 fully saturated rings. The van der Waals surface area contributed by atoms with Crippen LogP contribution in [0.2, 0.25) is 0 Å². The van der Waals surface area contributed by atoms with Crippen molar-refractivity contribution in [3.63, 3.8) is 0 Å². The Morgan fingerprint density at radius 3 is 2.42 bits per heavy atom. The van der Waals surface area contributed by atoms with E-state index in [-0.39, 0.29) is 17.8 Å². The van der Waals surface area contributed by atoms with E-state index in [0.717, 1.165) is 5.01 Å². The van der Waals surface area contributed by atoms with Crippen LogP contribution >= 0.6 is 0 Å². The predicted molar refractivity (Wildman–Crippen MR) is 136 cm³/mol. The number of alkyl halides is 3. The summed E-state index contributed by atoms with van der Waals surface area (Å²) in [5.41, 5.74) is -0.157. The van der Waals surface area contributed by atoms with Crippen molar-refractivity contribution in [2.45, 2.75) is 51.9 Å². The summed E-state index contributed by atoms with van der Waals surface area (Å²) in [5.74, 6) is -1.39. The van der Waals surface area contributed by atoms with E-state index in [1.165, 1.54) is 13.0 Å². The van der Waals surface area contributed by atoms with Crippen LogP contribution in [0.4, 0.5) is 28.9 Å². The first-order chi connectivity index (χ1) is 18.0. The van der Waals surface area contributed by atoms with Gasteiger partial charge in [-0.25, -0.2) is 4.39 Å². The number of carboxylic acids is 1. The number of nitrogens with zero attached hydrogens (tertiary/aromatic N) is 3. The average Bonchev–Trinajstić information content (AvgIpc) is 3.18. The molecule has 2 aromatic carbocycles. The molecule has 1 saturated heterocycles. The van der Waals surface area contributed by atoms with E-state index in [1.54, 1.807) is 36.4 Å². The van der Waals surface area contributed by atoms with Gasteiger partial charge in [0.2, 0.25) is 0 Å². The molecule has 7 nitrogen and oxygen atoms in total. The van der Waals surface area contributed by atoms with Gasteiger partial charge in [0.1, 0.15) is 29.1 Å². The van der Waals surface area contributed by atoms with Gasteiger partial charge in [0.05, 0.1) is 30.4 Å². The summed E-state index contributed by atoms with van der Waals surface area (Å²) in [6, 6.07) is 10.2. The Kier molecular flexibility index (Phi) is 8.03. The molecular formula is C27H31F4N3O4. The molecule has 0 saturated carbocycles. The Hall–Kier alpha value is -3.50. The summed E-state index contributed by atoms with van der Waals surface area (Å²) < 4.78 is 66.5. The highest BCUT2D eigenvalue weighted by atomic mass is 19.4. The van der Waals surface area contributed by atoms with Crippen LogP contribution in [0.25, 0.3) is 0 Å². The first-order valence-corrected chi connectivity index (χ1v) is 12.6. The molecule has 4 rings (SSSR count). The van der Waals surface area contributed by atoms with E-state index in [9.17, 15) is 27.5 Å². The maximum Gasteiger partial charge on any atom is 0.431 e. The van der Waals surface area contributed by atoms with Gasteiger partial charge in [0.25, 0.3) is 0 Å². The molecule has 11 heteroatoms. The lowest BCUT2D eigenvalue weighted by Crippen LogP contribution is -2.44. The summed E-state index contributed by atoms with van der Waals surface area (Å²) >= 11 is 0. The molecule has 0 aliphatic carbocycles. The number of halogens is 4. The maximum absolute atomic E-state index is 14.5. The molecule has 1 N–H and O–H groups in total. The van der Waals surface area contributed by atoms with E-state index >= 15 is 0 Å². The Morgan fingerprint density at radius 2 is 1.82 bits per heavy atom. The molecule has 206 valence electrons. The number of anilines is 2. The quantitative estimate of drug-likeness (QED) is 0.433. The molecule has 2 aliphatic heterocycles. The van der Waals surface area contributed by atoms with E-state index in [0.29, 0.717) is 49.0 Å². The van der Waals surface area contributed by atoms with Gasteiger partial charge in [-0.1, -0.05) is 13.8 Å². The summed E-state index contributed by atoms with van der Waals surface area (Å²) in [6.45, 7) is 6.87. The van der Waals surface area contributed by atoms with Crippen molar-refractivity contribution in [3.8, 4) is 11.5 Å².